The van der Waals surface area contributed by atoms with Gasteiger partial charge in [-0.1, -0.05) is 17.4 Å². The predicted molar refractivity (Wildman–Crippen MR) is 82.0 cm³/mol. The average Bonchev–Trinajstić information content (AvgIpc) is 3.03. The Morgan fingerprint density at radius 3 is 3.18 bits per heavy atom. The van der Waals surface area contributed by atoms with Crippen LogP contribution in [-0.2, 0) is 9.59 Å². The van der Waals surface area contributed by atoms with Crippen LogP contribution < -0.4 is 5.73 Å². The number of nitrogens with one attached hydrogen (secondary N) is 1. The van der Waals surface area contributed by atoms with Crippen LogP contribution in [0.5, 0.6) is 0 Å². The van der Waals surface area contributed by atoms with E-state index in [0.29, 0.717) is 17.1 Å². The van der Waals surface area contributed by atoms with Crippen molar-refractivity contribution in [2.45, 2.75) is 16.4 Å². The Morgan fingerprint density at radius 1 is 1.68 bits per heavy atom. The number of fused-ring (bicyclic) bond motifs is 1. The number of nitrogens with zero attached hydrogens (tertiary/aromatic N) is 3. The first-order valence-electron chi connectivity index (χ1n) is 6.41. The molecule has 1 saturated heterocycles. The van der Waals surface area contributed by atoms with Crippen LogP contribution in [-0.4, -0.2) is 60.2 Å². The van der Waals surface area contributed by atoms with Gasteiger partial charge in [-0.05, 0) is 5.57 Å². The van der Waals surface area contributed by atoms with E-state index < -0.39 is 12.0 Å². The lowest BCUT2D eigenvalue weighted by molar-refractivity contribution is -0.147. The maximum absolute atomic E-state index is 11.8. The second kappa shape index (κ2) is 6.15. The van der Waals surface area contributed by atoms with E-state index in [4.69, 9.17) is 5.73 Å². The summed E-state index contributed by atoms with van der Waals surface area (Å²) in [6.07, 6.45) is 5.22. The smallest absolute Gasteiger partial charge is 0.352 e. The Balaban J connectivity index is 1.72. The van der Waals surface area contributed by atoms with Crippen LogP contribution in [0.4, 0.5) is 0 Å². The molecule has 2 atom stereocenters. The number of rotatable bonds is 5. The molecule has 0 aromatic carbocycles. The first-order valence-corrected chi connectivity index (χ1v) is 8.45. The summed E-state index contributed by atoms with van der Waals surface area (Å²) in [5.41, 5.74) is 6.36. The van der Waals surface area contributed by atoms with Gasteiger partial charge in [0.05, 0.1) is 6.20 Å². The molecule has 1 amide bonds. The van der Waals surface area contributed by atoms with Gasteiger partial charge in [0.2, 0.25) is 5.91 Å². The fourth-order valence-corrected chi connectivity index (χ4v) is 4.12. The van der Waals surface area contributed by atoms with Crippen LogP contribution in [0, 0.1) is 0 Å². The second-order valence-electron chi connectivity index (χ2n) is 4.65. The molecule has 1 aromatic rings. The summed E-state index contributed by atoms with van der Waals surface area (Å²) in [4.78, 5) is 24.5. The van der Waals surface area contributed by atoms with Crippen molar-refractivity contribution in [1.82, 2.24) is 20.3 Å². The largest absolute Gasteiger partial charge is 0.477 e. The lowest BCUT2D eigenvalue weighted by atomic mass is 10.0. The number of hydrogen-bond acceptors (Lipinski definition) is 7. The molecule has 0 saturated carbocycles. The molecule has 1 aromatic heterocycles. The first-order chi connectivity index (χ1) is 10.6. The number of hydrogen-bond donors (Lipinski definition) is 3. The summed E-state index contributed by atoms with van der Waals surface area (Å²) in [5.74, 6) is -0.271. The Morgan fingerprint density at radius 2 is 2.50 bits per heavy atom. The number of aliphatic carboxylic acids is 1. The topological polar surface area (TPSA) is 125 Å². The molecule has 1 fully saturated rings. The standard InChI is InChI=1S/C12H13N5O3S2/c13-8-10(18)17-9(12(19)20)6(5-22-11(8)17)2-1-3-21-7-4-14-16-15-7/h1-2,4,8,11H,3,5,13H2,(H,19,20)(H,14,15,16)/b2-1+/t8?,11-/m0/s1. The fraction of sp³-hybridized carbons (Fsp3) is 0.333. The normalized spacial score (nSPS) is 24.6. The predicted octanol–water partition coefficient (Wildman–Crippen LogP) is 0.0341. The number of thioether (sulfide) groups is 2. The third kappa shape index (κ3) is 2.64. The SMILES string of the molecule is NC1C(=O)N2C(C(=O)O)=C(/C=C/CSc3cnn[nH]3)CS[C@@H]12. The molecule has 22 heavy (non-hydrogen) atoms. The molecule has 0 spiro atoms. The molecule has 4 N–H and O–H groups in total. The van der Waals surface area contributed by atoms with Gasteiger partial charge in [-0.2, -0.15) is 0 Å². The Labute approximate surface area is 134 Å². The van der Waals surface area contributed by atoms with E-state index in [2.05, 4.69) is 15.4 Å². The van der Waals surface area contributed by atoms with Gasteiger partial charge in [0.15, 0.2) is 0 Å². The number of aromatic nitrogens is 3. The summed E-state index contributed by atoms with van der Waals surface area (Å²) in [6, 6.07) is -0.603. The highest BCUT2D eigenvalue weighted by molar-refractivity contribution is 8.00. The lowest BCUT2D eigenvalue weighted by Gasteiger charge is -2.47. The van der Waals surface area contributed by atoms with Crippen LogP contribution in [0.2, 0.25) is 0 Å². The molecule has 1 unspecified atom stereocenters. The molecule has 0 aliphatic carbocycles. The number of allylic oxidation sites excluding steroid dienone is 1. The van der Waals surface area contributed by atoms with Gasteiger partial charge in [-0.15, -0.1) is 28.6 Å². The average molecular weight is 339 g/mol. The highest BCUT2D eigenvalue weighted by Gasteiger charge is 2.51. The minimum atomic E-state index is -1.10. The molecule has 2 aliphatic rings. The number of nitrogens with two attached hydrogens (primary N) is 1. The van der Waals surface area contributed by atoms with E-state index in [1.807, 2.05) is 6.08 Å². The van der Waals surface area contributed by atoms with E-state index >= 15 is 0 Å². The highest BCUT2D eigenvalue weighted by Crippen LogP contribution is 2.39. The Hall–Kier alpha value is -1.78. The fourth-order valence-electron chi connectivity index (χ4n) is 2.25. The molecule has 3 heterocycles. The van der Waals surface area contributed by atoms with Gasteiger partial charge in [0.25, 0.3) is 0 Å². The molecular formula is C12H13N5O3S2. The number of H-pyrrole nitrogens is 1. The number of carboxylic acid groups (broad SMARTS) is 1. The number of carboxylic acids is 1. The first kappa shape index (κ1) is 15.1. The summed E-state index contributed by atoms with van der Waals surface area (Å²) in [5, 5.41) is 19.9. The van der Waals surface area contributed by atoms with Crippen molar-refractivity contribution in [3.05, 3.63) is 29.6 Å². The van der Waals surface area contributed by atoms with Crippen LogP contribution in [0.15, 0.2) is 34.6 Å². The number of aromatic amines is 1. The summed E-state index contributed by atoms with van der Waals surface area (Å²) in [6.45, 7) is 0. The van der Waals surface area contributed by atoms with Crippen LogP contribution in [0.3, 0.4) is 0 Å². The van der Waals surface area contributed by atoms with E-state index in [1.165, 1.54) is 28.4 Å². The third-order valence-electron chi connectivity index (χ3n) is 3.29. The Kier molecular flexibility index (Phi) is 4.23. The number of β-lactam (4-membered cyclic amide) rings is 1. The molecule has 8 nitrogen and oxygen atoms in total. The van der Waals surface area contributed by atoms with Crippen LogP contribution >= 0.6 is 23.5 Å². The van der Waals surface area contributed by atoms with Crippen molar-refractivity contribution in [1.29, 1.82) is 0 Å². The molecule has 116 valence electrons. The van der Waals surface area contributed by atoms with Crippen molar-refractivity contribution in [2.24, 2.45) is 5.73 Å². The van der Waals surface area contributed by atoms with Gasteiger partial charge < -0.3 is 10.8 Å². The molecular weight excluding hydrogens is 326 g/mol. The van der Waals surface area contributed by atoms with E-state index in [9.17, 15) is 14.7 Å². The van der Waals surface area contributed by atoms with Gasteiger partial charge in [0, 0.05) is 11.5 Å². The monoisotopic (exact) mass is 339 g/mol. The summed E-state index contributed by atoms with van der Waals surface area (Å²) >= 11 is 2.98. The third-order valence-corrected chi connectivity index (χ3v) is 5.48. The van der Waals surface area contributed by atoms with E-state index in [-0.39, 0.29) is 17.0 Å². The van der Waals surface area contributed by atoms with Gasteiger partial charge in [-0.3, -0.25) is 14.8 Å². The molecule has 2 aliphatic heterocycles. The van der Waals surface area contributed by atoms with Gasteiger partial charge >= 0.3 is 5.97 Å². The second-order valence-corrected chi connectivity index (χ2v) is 6.82. The number of amides is 1. The van der Waals surface area contributed by atoms with Crippen molar-refractivity contribution < 1.29 is 14.7 Å². The zero-order chi connectivity index (χ0) is 15.7. The van der Waals surface area contributed by atoms with Crippen molar-refractivity contribution in [3.8, 4) is 0 Å². The molecule has 3 rings (SSSR count). The van der Waals surface area contributed by atoms with Gasteiger partial charge in [-0.25, -0.2) is 4.79 Å². The van der Waals surface area contributed by atoms with E-state index in [1.54, 1.807) is 12.3 Å². The summed E-state index contributed by atoms with van der Waals surface area (Å²) < 4.78 is 0. The van der Waals surface area contributed by atoms with Gasteiger partial charge in [0.1, 0.15) is 22.1 Å². The Bertz CT molecular complexity index is 658. The maximum Gasteiger partial charge on any atom is 0.352 e. The zero-order valence-electron chi connectivity index (χ0n) is 11.3. The number of carbonyl (C=O) groups excluding carboxylic acids is 1. The molecule has 0 bridgehead atoms. The quantitative estimate of drug-likeness (QED) is 0.507. The van der Waals surface area contributed by atoms with Crippen LogP contribution in [0.1, 0.15) is 0 Å². The minimum Gasteiger partial charge on any atom is -0.477 e. The van der Waals surface area contributed by atoms with Crippen molar-refractivity contribution >= 4 is 35.4 Å². The van der Waals surface area contributed by atoms with Crippen LogP contribution in [0.25, 0.3) is 0 Å². The summed E-state index contributed by atoms with van der Waals surface area (Å²) in [7, 11) is 0. The highest BCUT2D eigenvalue weighted by atomic mass is 32.2. The molecule has 10 heteroatoms. The lowest BCUT2D eigenvalue weighted by Crippen LogP contribution is -2.68. The molecule has 0 radical (unpaired) electrons. The minimum absolute atomic E-state index is 0.0416. The van der Waals surface area contributed by atoms with Crippen molar-refractivity contribution in [2.75, 3.05) is 11.5 Å². The van der Waals surface area contributed by atoms with E-state index in [0.717, 1.165) is 5.03 Å². The maximum atomic E-state index is 11.8. The van der Waals surface area contributed by atoms with Crippen molar-refractivity contribution in [3.63, 3.8) is 0 Å². The zero-order valence-corrected chi connectivity index (χ0v) is 12.9. The number of carbonyl (C=O) groups is 2.